The van der Waals surface area contributed by atoms with E-state index in [2.05, 4.69) is 16.4 Å². The molecule has 0 atom stereocenters. The van der Waals surface area contributed by atoms with Gasteiger partial charge in [0.1, 0.15) is 11.1 Å². The van der Waals surface area contributed by atoms with Crippen LogP contribution in [0.4, 0.5) is 5.00 Å². The lowest BCUT2D eigenvalue weighted by molar-refractivity contribution is -0.113. The van der Waals surface area contributed by atoms with E-state index in [9.17, 15) is 10.1 Å². The minimum atomic E-state index is -0.0911. The molecule has 0 bridgehead atoms. The van der Waals surface area contributed by atoms with Gasteiger partial charge in [-0.05, 0) is 31.2 Å². The van der Waals surface area contributed by atoms with Crippen molar-refractivity contribution >= 4 is 45.3 Å². The first-order chi connectivity index (χ1) is 13.2. The van der Waals surface area contributed by atoms with E-state index in [0.717, 1.165) is 46.8 Å². The summed E-state index contributed by atoms with van der Waals surface area (Å²) < 4.78 is 0.870. The van der Waals surface area contributed by atoms with Crippen LogP contribution in [0.25, 0.3) is 11.3 Å². The fourth-order valence-electron chi connectivity index (χ4n) is 3.13. The lowest BCUT2D eigenvalue weighted by Gasteiger charge is -2.09. The van der Waals surface area contributed by atoms with Gasteiger partial charge in [0, 0.05) is 15.8 Å². The Kier molecular flexibility index (Phi) is 5.58. The number of thiophene rings is 1. The Balaban J connectivity index is 1.39. The van der Waals surface area contributed by atoms with Crippen LogP contribution in [-0.2, 0) is 17.6 Å². The Bertz CT molecular complexity index is 1000. The van der Waals surface area contributed by atoms with Crippen molar-refractivity contribution < 1.29 is 4.79 Å². The van der Waals surface area contributed by atoms with Crippen molar-refractivity contribution in [3.8, 4) is 17.3 Å². The Hall–Kier alpha value is -2.14. The molecular formula is C20H17N3OS3. The lowest BCUT2D eigenvalue weighted by atomic mass is 9.96. The van der Waals surface area contributed by atoms with Crippen molar-refractivity contribution in [1.29, 1.82) is 5.26 Å². The van der Waals surface area contributed by atoms with Gasteiger partial charge in [0.25, 0.3) is 0 Å². The zero-order valence-corrected chi connectivity index (χ0v) is 17.0. The maximum Gasteiger partial charge on any atom is 0.235 e. The first-order valence-corrected chi connectivity index (χ1v) is 11.4. The molecule has 0 spiro atoms. The molecule has 0 saturated heterocycles. The summed E-state index contributed by atoms with van der Waals surface area (Å²) in [5.41, 5.74) is 3.81. The summed E-state index contributed by atoms with van der Waals surface area (Å²) in [4.78, 5) is 18.2. The largest absolute Gasteiger partial charge is 0.316 e. The predicted octanol–water partition coefficient (Wildman–Crippen LogP) is 5.35. The van der Waals surface area contributed by atoms with E-state index >= 15 is 0 Å². The highest BCUT2D eigenvalue weighted by molar-refractivity contribution is 8.01. The summed E-state index contributed by atoms with van der Waals surface area (Å²) in [7, 11) is 0. The molecule has 0 radical (unpaired) electrons. The van der Waals surface area contributed by atoms with E-state index in [1.807, 2.05) is 35.7 Å². The Morgan fingerprint density at radius 1 is 1.26 bits per heavy atom. The molecule has 0 unspecified atom stereocenters. The third kappa shape index (κ3) is 4.08. The van der Waals surface area contributed by atoms with Crippen LogP contribution in [0.2, 0.25) is 0 Å². The highest BCUT2D eigenvalue weighted by atomic mass is 32.2. The van der Waals surface area contributed by atoms with E-state index < -0.39 is 0 Å². The molecule has 1 amide bonds. The summed E-state index contributed by atoms with van der Waals surface area (Å²) in [6.45, 7) is 0. The number of carbonyl (C=O) groups is 1. The molecule has 7 heteroatoms. The topological polar surface area (TPSA) is 65.8 Å². The van der Waals surface area contributed by atoms with E-state index in [4.69, 9.17) is 0 Å². The number of aromatic nitrogens is 1. The zero-order chi connectivity index (χ0) is 18.6. The van der Waals surface area contributed by atoms with E-state index in [-0.39, 0.29) is 11.7 Å². The highest BCUT2D eigenvalue weighted by Crippen LogP contribution is 2.37. The van der Waals surface area contributed by atoms with E-state index in [1.165, 1.54) is 16.6 Å². The van der Waals surface area contributed by atoms with Crippen LogP contribution >= 0.6 is 34.4 Å². The molecule has 0 saturated carbocycles. The highest BCUT2D eigenvalue weighted by Gasteiger charge is 2.21. The molecule has 2 aromatic heterocycles. The number of carbonyl (C=O) groups excluding carboxylic acids is 1. The third-order valence-electron chi connectivity index (χ3n) is 4.42. The van der Waals surface area contributed by atoms with Crippen LogP contribution in [0.15, 0.2) is 40.1 Å². The molecule has 136 valence electrons. The molecule has 0 aliphatic heterocycles. The molecule has 1 N–H and O–H groups in total. The molecule has 4 rings (SSSR count). The standard InChI is InChI=1S/C20H17N3OS3/c21-10-15-14-8-4-5-9-17(14)27-19(15)23-18(24)12-26-20-22-16(11-25-20)13-6-2-1-3-7-13/h1-3,6-7,11H,4-5,8-9,12H2,(H,23,24). The number of fused-ring (bicyclic) bond motifs is 1. The van der Waals surface area contributed by atoms with Crippen molar-refractivity contribution in [2.75, 3.05) is 11.1 Å². The van der Waals surface area contributed by atoms with Gasteiger partial charge in [-0.3, -0.25) is 4.79 Å². The van der Waals surface area contributed by atoms with Crippen LogP contribution in [0, 0.1) is 11.3 Å². The average Bonchev–Trinajstić information content (AvgIpc) is 3.31. The van der Waals surface area contributed by atoms with Gasteiger partial charge in [-0.25, -0.2) is 4.98 Å². The van der Waals surface area contributed by atoms with Gasteiger partial charge in [0.05, 0.1) is 17.0 Å². The van der Waals surface area contributed by atoms with Crippen molar-refractivity contribution in [3.05, 3.63) is 51.7 Å². The average molecular weight is 412 g/mol. The number of thioether (sulfide) groups is 1. The van der Waals surface area contributed by atoms with Gasteiger partial charge < -0.3 is 5.32 Å². The summed E-state index contributed by atoms with van der Waals surface area (Å²) >= 11 is 4.53. The predicted molar refractivity (Wildman–Crippen MR) is 113 cm³/mol. The summed E-state index contributed by atoms with van der Waals surface area (Å²) in [6, 6.07) is 12.3. The molecule has 1 aromatic carbocycles. The fraction of sp³-hybridized carbons (Fsp3) is 0.250. The number of amides is 1. The van der Waals surface area contributed by atoms with Crippen molar-refractivity contribution in [2.24, 2.45) is 0 Å². The molecule has 2 heterocycles. The number of anilines is 1. The van der Waals surface area contributed by atoms with Crippen LogP contribution in [0.1, 0.15) is 28.8 Å². The lowest BCUT2D eigenvalue weighted by Crippen LogP contribution is -2.13. The van der Waals surface area contributed by atoms with Crippen LogP contribution < -0.4 is 5.32 Å². The number of nitrogens with zero attached hydrogens (tertiary/aromatic N) is 2. The number of thiazole rings is 1. The maximum absolute atomic E-state index is 12.4. The number of aryl methyl sites for hydroxylation is 1. The minimum absolute atomic E-state index is 0.0911. The third-order valence-corrected chi connectivity index (χ3v) is 7.64. The second-order valence-electron chi connectivity index (χ2n) is 6.23. The van der Waals surface area contributed by atoms with Gasteiger partial charge in [0.2, 0.25) is 5.91 Å². The van der Waals surface area contributed by atoms with Gasteiger partial charge >= 0.3 is 0 Å². The number of hydrogen-bond donors (Lipinski definition) is 1. The summed E-state index contributed by atoms with van der Waals surface area (Å²) in [5.74, 6) is 0.196. The number of hydrogen-bond acceptors (Lipinski definition) is 6. The number of nitriles is 1. The maximum atomic E-state index is 12.4. The molecule has 4 nitrogen and oxygen atoms in total. The Morgan fingerprint density at radius 2 is 2.07 bits per heavy atom. The van der Waals surface area contributed by atoms with Gasteiger partial charge in [-0.1, -0.05) is 42.1 Å². The van der Waals surface area contributed by atoms with E-state index in [0.29, 0.717) is 10.6 Å². The second kappa shape index (κ2) is 8.26. The normalized spacial score (nSPS) is 13.0. The fourth-order valence-corrected chi connectivity index (χ4v) is 6.02. The monoisotopic (exact) mass is 411 g/mol. The van der Waals surface area contributed by atoms with Crippen LogP contribution in [0.5, 0.6) is 0 Å². The zero-order valence-electron chi connectivity index (χ0n) is 14.5. The van der Waals surface area contributed by atoms with Crippen molar-refractivity contribution in [2.45, 2.75) is 30.0 Å². The molecule has 27 heavy (non-hydrogen) atoms. The van der Waals surface area contributed by atoms with Crippen molar-refractivity contribution in [1.82, 2.24) is 4.98 Å². The first kappa shape index (κ1) is 18.2. The Labute approximate surface area is 170 Å². The summed E-state index contributed by atoms with van der Waals surface area (Å²) in [5, 5.41) is 15.1. The number of rotatable bonds is 5. The SMILES string of the molecule is N#Cc1c(NC(=O)CSc2nc(-c3ccccc3)cs2)sc2c1CCCC2. The van der Waals surface area contributed by atoms with E-state index in [1.54, 1.807) is 22.7 Å². The first-order valence-electron chi connectivity index (χ1n) is 8.73. The number of benzene rings is 1. The number of nitrogens with one attached hydrogen (secondary N) is 1. The van der Waals surface area contributed by atoms with Gasteiger partial charge in [-0.15, -0.1) is 22.7 Å². The molecule has 0 fully saturated rings. The second-order valence-corrected chi connectivity index (χ2v) is 9.41. The van der Waals surface area contributed by atoms with Gasteiger partial charge in [0.15, 0.2) is 4.34 Å². The molecular weight excluding hydrogens is 394 g/mol. The van der Waals surface area contributed by atoms with Gasteiger partial charge in [-0.2, -0.15) is 5.26 Å². The summed E-state index contributed by atoms with van der Waals surface area (Å²) in [6.07, 6.45) is 4.24. The molecule has 1 aliphatic rings. The smallest absolute Gasteiger partial charge is 0.235 e. The van der Waals surface area contributed by atoms with Crippen LogP contribution in [0.3, 0.4) is 0 Å². The van der Waals surface area contributed by atoms with Crippen LogP contribution in [-0.4, -0.2) is 16.6 Å². The molecule has 1 aliphatic carbocycles. The molecule has 3 aromatic rings. The Morgan fingerprint density at radius 3 is 2.89 bits per heavy atom. The minimum Gasteiger partial charge on any atom is -0.316 e. The quantitative estimate of drug-likeness (QED) is 0.575. The van der Waals surface area contributed by atoms with Crippen molar-refractivity contribution in [3.63, 3.8) is 0 Å².